The van der Waals surface area contributed by atoms with E-state index in [2.05, 4.69) is 15.3 Å². The third kappa shape index (κ3) is 2.84. The van der Waals surface area contributed by atoms with E-state index < -0.39 is 11.8 Å². The Kier molecular flexibility index (Phi) is 4.32. The number of benzene rings is 1. The van der Waals surface area contributed by atoms with Crippen molar-refractivity contribution in [2.45, 2.75) is 29.8 Å². The molecular formula is C17H15ClF3N3OS. The lowest BCUT2D eigenvalue weighted by molar-refractivity contribution is -0.268. The van der Waals surface area contributed by atoms with Gasteiger partial charge in [-0.05, 0) is 43.2 Å². The predicted molar refractivity (Wildman–Crippen MR) is 94.1 cm³/mol. The highest BCUT2D eigenvalue weighted by Crippen LogP contribution is 2.55. The van der Waals surface area contributed by atoms with Crippen molar-refractivity contribution in [2.75, 3.05) is 18.2 Å². The molecule has 138 valence electrons. The van der Waals surface area contributed by atoms with Crippen molar-refractivity contribution >= 4 is 34.9 Å². The van der Waals surface area contributed by atoms with Crippen LogP contribution in [0.4, 0.5) is 24.7 Å². The van der Waals surface area contributed by atoms with E-state index in [-0.39, 0.29) is 40.2 Å². The number of alkyl halides is 3. The molecule has 0 radical (unpaired) electrons. The number of nitrogens with zero attached hydrogens (tertiary/aromatic N) is 2. The summed E-state index contributed by atoms with van der Waals surface area (Å²) in [6.07, 6.45) is 0.0133. The fourth-order valence-electron chi connectivity index (χ4n) is 3.08. The number of anilines is 2. The van der Waals surface area contributed by atoms with Gasteiger partial charge in [-0.15, -0.1) is 0 Å². The van der Waals surface area contributed by atoms with Gasteiger partial charge in [0.25, 0.3) is 0 Å². The van der Waals surface area contributed by atoms with Crippen molar-refractivity contribution < 1.29 is 17.9 Å². The highest BCUT2D eigenvalue weighted by Gasteiger charge is 2.63. The highest BCUT2D eigenvalue weighted by atomic mass is 35.5. The van der Waals surface area contributed by atoms with Gasteiger partial charge in [-0.1, -0.05) is 23.4 Å². The summed E-state index contributed by atoms with van der Waals surface area (Å²) in [4.78, 5) is 8.29. The summed E-state index contributed by atoms with van der Waals surface area (Å²) < 4.78 is 49.1. The largest absolute Gasteiger partial charge is 0.426 e. The van der Waals surface area contributed by atoms with Crippen LogP contribution in [0.25, 0.3) is 0 Å². The zero-order valence-electron chi connectivity index (χ0n) is 13.7. The zero-order valence-corrected chi connectivity index (χ0v) is 15.3. The SMILES string of the molecule is CSc1ncc2c(n1)Nc1ccc(Cl)cc1C2(OCC1CC1)C(F)(F)F. The first kappa shape index (κ1) is 17.9. The summed E-state index contributed by atoms with van der Waals surface area (Å²) in [6, 6.07) is 4.36. The summed E-state index contributed by atoms with van der Waals surface area (Å²) >= 11 is 7.27. The lowest BCUT2D eigenvalue weighted by Crippen LogP contribution is -2.49. The Morgan fingerprint density at radius 1 is 1.35 bits per heavy atom. The average Bonchev–Trinajstić information content (AvgIpc) is 3.41. The van der Waals surface area contributed by atoms with E-state index in [1.54, 1.807) is 6.26 Å². The molecule has 1 unspecified atom stereocenters. The second-order valence-corrected chi connectivity index (χ2v) is 7.58. The molecule has 1 aromatic carbocycles. The van der Waals surface area contributed by atoms with Crippen molar-refractivity contribution in [1.29, 1.82) is 0 Å². The van der Waals surface area contributed by atoms with Gasteiger partial charge in [0.2, 0.25) is 5.60 Å². The van der Waals surface area contributed by atoms with Crippen LogP contribution in [0, 0.1) is 5.92 Å². The molecule has 1 N–H and O–H groups in total. The Morgan fingerprint density at radius 3 is 2.77 bits per heavy atom. The molecule has 1 atom stereocenters. The Bertz CT molecular complexity index is 860. The van der Waals surface area contributed by atoms with Crippen LogP contribution in [0.15, 0.2) is 29.6 Å². The second kappa shape index (κ2) is 6.28. The van der Waals surface area contributed by atoms with Crippen LogP contribution < -0.4 is 5.32 Å². The Hall–Kier alpha value is -1.51. The van der Waals surface area contributed by atoms with Crippen LogP contribution in [-0.4, -0.2) is 29.0 Å². The normalized spacial score (nSPS) is 21.7. The molecule has 1 fully saturated rings. The third-order valence-electron chi connectivity index (χ3n) is 4.57. The van der Waals surface area contributed by atoms with E-state index in [1.807, 2.05) is 0 Å². The number of hydrogen-bond acceptors (Lipinski definition) is 5. The van der Waals surface area contributed by atoms with Gasteiger partial charge >= 0.3 is 6.18 Å². The van der Waals surface area contributed by atoms with E-state index >= 15 is 0 Å². The van der Waals surface area contributed by atoms with E-state index in [0.29, 0.717) is 5.16 Å². The minimum atomic E-state index is -4.71. The third-order valence-corrected chi connectivity index (χ3v) is 5.37. The zero-order chi connectivity index (χ0) is 18.5. The van der Waals surface area contributed by atoms with Crippen molar-refractivity contribution in [3.63, 3.8) is 0 Å². The van der Waals surface area contributed by atoms with Crippen LogP contribution in [0.1, 0.15) is 24.0 Å². The van der Waals surface area contributed by atoms with Crippen LogP contribution >= 0.6 is 23.4 Å². The van der Waals surface area contributed by atoms with Gasteiger partial charge < -0.3 is 10.1 Å². The number of ether oxygens (including phenoxy) is 1. The summed E-state index contributed by atoms with van der Waals surface area (Å²) in [5, 5.41) is 3.56. The predicted octanol–water partition coefficient (Wildman–Crippen LogP) is 5.14. The fraction of sp³-hybridized carbons (Fsp3) is 0.412. The molecule has 0 saturated heterocycles. The van der Waals surface area contributed by atoms with Gasteiger partial charge in [0.1, 0.15) is 5.82 Å². The number of rotatable bonds is 4. The van der Waals surface area contributed by atoms with Crippen molar-refractivity contribution in [3.05, 3.63) is 40.5 Å². The Morgan fingerprint density at radius 2 is 2.12 bits per heavy atom. The van der Waals surface area contributed by atoms with Crippen LogP contribution in [0.5, 0.6) is 0 Å². The number of nitrogens with one attached hydrogen (secondary N) is 1. The highest BCUT2D eigenvalue weighted by molar-refractivity contribution is 7.98. The molecule has 1 aliphatic carbocycles. The quantitative estimate of drug-likeness (QED) is 0.567. The first-order valence-electron chi connectivity index (χ1n) is 8.04. The minimum absolute atomic E-state index is 0.0230. The maximum atomic E-state index is 14.5. The monoisotopic (exact) mass is 401 g/mol. The van der Waals surface area contributed by atoms with Gasteiger partial charge in [-0.2, -0.15) is 13.2 Å². The molecule has 0 spiro atoms. The molecule has 4 nitrogen and oxygen atoms in total. The molecule has 4 rings (SSSR count). The van der Waals surface area contributed by atoms with Gasteiger partial charge in [0.05, 0.1) is 12.2 Å². The first-order valence-corrected chi connectivity index (χ1v) is 9.64. The maximum absolute atomic E-state index is 14.5. The molecule has 26 heavy (non-hydrogen) atoms. The molecule has 2 heterocycles. The number of halogens is 4. The number of aromatic nitrogens is 2. The number of thioether (sulfide) groups is 1. The van der Waals surface area contributed by atoms with Crippen molar-refractivity contribution in [1.82, 2.24) is 9.97 Å². The molecule has 9 heteroatoms. The minimum Gasteiger partial charge on any atom is -0.356 e. The molecule has 0 bridgehead atoms. The van der Waals surface area contributed by atoms with Crippen LogP contribution in [-0.2, 0) is 10.3 Å². The molecule has 1 saturated carbocycles. The van der Waals surface area contributed by atoms with Gasteiger partial charge in [0, 0.05) is 22.5 Å². The first-order chi connectivity index (χ1) is 12.3. The Balaban J connectivity index is 1.96. The molecule has 2 aromatic rings. The van der Waals surface area contributed by atoms with Crippen molar-refractivity contribution in [2.24, 2.45) is 5.92 Å². The number of hydrogen-bond donors (Lipinski definition) is 1. The standard InChI is InChI=1S/C17H15ClF3N3OS/c1-26-15-22-7-12-14(24-15)23-13-5-4-10(18)6-11(13)16(12,17(19,20)21)25-8-9-2-3-9/h4-7,9H,2-3,8H2,1H3,(H,22,23,24). The maximum Gasteiger partial charge on any atom is 0.426 e. The number of fused-ring (bicyclic) bond motifs is 2. The van der Waals surface area contributed by atoms with Crippen molar-refractivity contribution in [3.8, 4) is 0 Å². The smallest absolute Gasteiger partial charge is 0.356 e. The van der Waals surface area contributed by atoms with Gasteiger partial charge in [-0.25, -0.2) is 9.97 Å². The molecular weight excluding hydrogens is 387 g/mol. The van der Waals surface area contributed by atoms with E-state index in [4.69, 9.17) is 16.3 Å². The topological polar surface area (TPSA) is 47.0 Å². The summed E-state index contributed by atoms with van der Waals surface area (Å²) in [7, 11) is 0. The molecule has 2 aliphatic rings. The summed E-state index contributed by atoms with van der Waals surface area (Å²) in [5.74, 6) is 0.258. The summed E-state index contributed by atoms with van der Waals surface area (Å²) in [6.45, 7) is 0.0230. The van der Waals surface area contributed by atoms with Crippen LogP contribution in [0.3, 0.4) is 0 Å². The van der Waals surface area contributed by atoms with Gasteiger partial charge in [0.15, 0.2) is 5.16 Å². The van der Waals surface area contributed by atoms with Crippen LogP contribution in [0.2, 0.25) is 5.02 Å². The lowest BCUT2D eigenvalue weighted by atomic mass is 9.82. The molecule has 1 aromatic heterocycles. The van der Waals surface area contributed by atoms with E-state index in [9.17, 15) is 13.2 Å². The lowest BCUT2D eigenvalue weighted by Gasteiger charge is -2.41. The molecule has 0 amide bonds. The molecule has 1 aliphatic heterocycles. The Labute approximate surface area is 157 Å². The second-order valence-electron chi connectivity index (χ2n) is 6.37. The van der Waals surface area contributed by atoms with E-state index in [1.165, 1.54) is 36.2 Å². The van der Waals surface area contributed by atoms with Gasteiger partial charge in [-0.3, -0.25) is 0 Å². The fourth-order valence-corrected chi connectivity index (χ4v) is 3.59. The van der Waals surface area contributed by atoms with E-state index in [0.717, 1.165) is 12.8 Å². The summed E-state index contributed by atoms with van der Waals surface area (Å²) in [5.41, 5.74) is -2.57. The average molecular weight is 402 g/mol.